The Balaban J connectivity index is 1.51. The number of carbonyl (C=O) groups is 1. The van der Waals surface area contributed by atoms with Gasteiger partial charge in [-0.3, -0.25) is 19.1 Å². The first-order valence-electron chi connectivity index (χ1n) is 8.30. The lowest BCUT2D eigenvalue weighted by Gasteiger charge is -2.38. The van der Waals surface area contributed by atoms with E-state index in [0.29, 0.717) is 12.6 Å². The van der Waals surface area contributed by atoms with E-state index in [1.54, 1.807) is 4.68 Å². The van der Waals surface area contributed by atoms with Gasteiger partial charge in [-0.1, -0.05) is 20.8 Å². The number of hydrogen-bond donors (Lipinski definition) is 1. The minimum Gasteiger partial charge on any atom is -0.310 e. The molecule has 130 valence electrons. The summed E-state index contributed by atoms with van der Waals surface area (Å²) in [6.07, 6.45) is 3.91. The van der Waals surface area contributed by atoms with Crippen molar-refractivity contribution in [2.75, 3.05) is 25.0 Å². The summed E-state index contributed by atoms with van der Waals surface area (Å²) in [5.74, 6) is 0.734. The van der Waals surface area contributed by atoms with Gasteiger partial charge in [-0.25, -0.2) is 0 Å². The summed E-state index contributed by atoms with van der Waals surface area (Å²) in [6.45, 7) is 10.5. The van der Waals surface area contributed by atoms with Gasteiger partial charge >= 0.3 is 0 Å². The molecule has 0 saturated carbocycles. The number of carbonyl (C=O) groups excluding carboxylic acids is 1. The fourth-order valence-electron chi connectivity index (χ4n) is 2.81. The zero-order valence-electron chi connectivity index (χ0n) is 15.1. The summed E-state index contributed by atoms with van der Waals surface area (Å²) in [7, 11) is 1.85. The molecule has 2 aromatic heterocycles. The van der Waals surface area contributed by atoms with Crippen molar-refractivity contribution in [3.05, 3.63) is 29.7 Å². The van der Waals surface area contributed by atoms with E-state index in [4.69, 9.17) is 0 Å². The van der Waals surface area contributed by atoms with Crippen molar-refractivity contribution in [2.45, 2.75) is 39.2 Å². The Morgan fingerprint density at radius 2 is 2.08 bits per heavy atom. The SMILES string of the molecule is Cc1cnn(C2CN(CC(=O)Nc3cc(C(C)(C)C)nn3C)C2)c1. The predicted octanol–water partition coefficient (Wildman–Crippen LogP) is 1.72. The molecule has 7 heteroatoms. The largest absolute Gasteiger partial charge is 0.310 e. The van der Waals surface area contributed by atoms with E-state index in [1.807, 2.05) is 37.1 Å². The Morgan fingerprint density at radius 1 is 1.38 bits per heavy atom. The van der Waals surface area contributed by atoms with Crippen LogP contribution in [0.5, 0.6) is 0 Å². The topological polar surface area (TPSA) is 68.0 Å². The lowest BCUT2D eigenvalue weighted by atomic mass is 9.92. The summed E-state index contributed by atoms with van der Waals surface area (Å²) in [5, 5.41) is 11.8. The first-order valence-corrected chi connectivity index (χ1v) is 8.30. The predicted molar refractivity (Wildman–Crippen MR) is 93.0 cm³/mol. The van der Waals surface area contributed by atoms with Gasteiger partial charge in [0, 0.05) is 37.8 Å². The highest BCUT2D eigenvalue weighted by molar-refractivity contribution is 5.91. The second-order valence-corrected chi connectivity index (χ2v) is 7.68. The molecular weight excluding hydrogens is 304 g/mol. The second-order valence-electron chi connectivity index (χ2n) is 7.68. The smallest absolute Gasteiger partial charge is 0.239 e. The molecule has 0 aliphatic carbocycles. The van der Waals surface area contributed by atoms with Crippen LogP contribution in [0.1, 0.15) is 38.1 Å². The molecule has 1 aliphatic heterocycles. The molecule has 3 rings (SSSR count). The molecule has 2 aromatic rings. The number of rotatable bonds is 4. The standard InChI is InChI=1S/C17H26N6O/c1-12-7-18-23(8-12)13-9-22(10-13)11-16(24)19-15-6-14(17(2,3)4)20-21(15)5/h6-8,13H,9-11H2,1-5H3,(H,19,24). The number of aryl methyl sites for hydroxylation is 2. The van der Waals surface area contributed by atoms with E-state index in [1.165, 1.54) is 0 Å². The second kappa shape index (κ2) is 6.05. The van der Waals surface area contributed by atoms with Crippen LogP contribution in [0.4, 0.5) is 5.82 Å². The lowest BCUT2D eigenvalue weighted by molar-refractivity contribution is -0.118. The molecular formula is C17H26N6O. The molecule has 0 spiro atoms. The monoisotopic (exact) mass is 330 g/mol. The number of hydrogen-bond acceptors (Lipinski definition) is 4. The fourth-order valence-corrected chi connectivity index (χ4v) is 2.81. The van der Waals surface area contributed by atoms with Crippen LogP contribution in [0.3, 0.4) is 0 Å². The van der Waals surface area contributed by atoms with E-state index in [0.717, 1.165) is 30.2 Å². The van der Waals surface area contributed by atoms with Gasteiger partial charge in [0.2, 0.25) is 5.91 Å². The van der Waals surface area contributed by atoms with Gasteiger partial charge in [0.15, 0.2) is 0 Å². The number of likely N-dealkylation sites (tertiary alicyclic amines) is 1. The summed E-state index contributed by atoms with van der Waals surface area (Å²) >= 11 is 0. The summed E-state index contributed by atoms with van der Waals surface area (Å²) in [5.41, 5.74) is 2.10. The van der Waals surface area contributed by atoms with Crippen LogP contribution in [-0.2, 0) is 17.3 Å². The van der Waals surface area contributed by atoms with Crippen molar-refractivity contribution >= 4 is 11.7 Å². The zero-order chi connectivity index (χ0) is 17.5. The molecule has 0 atom stereocenters. The van der Waals surface area contributed by atoms with Gasteiger partial charge in [0.25, 0.3) is 0 Å². The average Bonchev–Trinajstić information content (AvgIpc) is 3.00. The van der Waals surface area contributed by atoms with Gasteiger partial charge in [0.1, 0.15) is 5.82 Å². The van der Waals surface area contributed by atoms with Crippen LogP contribution in [0, 0.1) is 6.92 Å². The molecule has 1 N–H and O–H groups in total. The molecule has 24 heavy (non-hydrogen) atoms. The van der Waals surface area contributed by atoms with E-state index >= 15 is 0 Å². The minimum absolute atomic E-state index is 0.00597. The van der Waals surface area contributed by atoms with Crippen LogP contribution >= 0.6 is 0 Å². The van der Waals surface area contributed by atoms with E-state index in [-0.39, 0.29) is 11.3 Å². The minimum atomic E-state index is -0.0344. The third-order valence-corrected chi connectivity index (χ3v) is 4.33. The maximum Gasteiger partial charge on any atom is 0.239 e. The molecule has 0 unspecified atom stereocenters. The lowest BCUT2D eigenvalue weighted by Crippen LogP contribution is -2.50. The Morgan fingerprint density at radius 3 is 2.62 bits per heavy atom. The maximum atomic E-state index is 12.3. The van der Waals surface area contributed by atoms with Crippen molar-refractivity contribution in [1.29, 1.82) is 0 Å². The highest BCUT2D eigenvalue weighted by Crippen LogP contribution is 2.24. The highest BCUT2D eigenvalue weighted by Gasteiger charge is 2.30. The van der Waals surface area contributed by atoms with E-state index in [2.05, 4.69) is 41.2 Å². The van der Waals surface area contributed by atoms with Crippen LogP contribution < -0.4 is 5.32 Å². The Kier molecular flexibility index (Phi) is 4.21. The molecule has 1 aliphatic rings. The van der Waals surface area contributed by atoms with Crippen LogP contribution in [0.2, 0.25) is 0 Å². The van der Waals surface area contributed by atoms with E-state index < -0.39 is 0 Å². The molecule has 1 fully saturated rings. The molecule has 1 saturated heterocycles. The average molecular weight is 330 g/mol. The van der Waals surface area contributed by atoms with Crippen molar-refractivity contribution in [3.8, 4) is 0 Å². The molecule has 7 nitrogen and oxygen atoms in total. The van der Waals surface area contributed by atoms with Crippen LogP contribution in [-0.4, -0.2) is 50.0 Å². The van der Waals surface area contributed by atoms with Gasteiger partial charge in [-0.15, -0.1) is 0 Å². The number of nitrogens with zero attached hydrogens (tertiary/aromatic N) is 5. The van der Waals surface area contributed by atoms with Gasteiger partial charge in [0.05, 0.1) is 24.5 Å². The van der Waals surface area contributed by atoms with E-state index in [9.17, 15) is 4.79 Å². The molecule has 0 bridgehead atoms. The Hall–Kier alpha value is -2.15. The first kappa shape index (κ1) is 16.7. The zero-order valence-corrected chi connectivity index (χ0v) is 15.1. The number of nitrogens with one attached hydrogen (secondary N) is 1. The van der Waals surface area contributed by atoms with Crippen LogP contribution in [0.15, 0.2) is 18.5 Å². The summed E-state index contributed by atoms with van der Waals surface area (Å²) in [6, 6.07) is 2.32. The van der Waals surface area contributed by atoms with Crippen molar-refractivity contribution in [1.82, 2.24) is 24.5 Å². The molecule has 3 heterocycles. The fraction of sp³-hybridized carbons (Fsp3) is 0.588. The number of aromatic nitrogens is 4. The Labute approximate surface area is 142 Å². The molecule has 0 radical (unpaired) electrons. The van der Waals surface area contributed by atoms with Crippen molar-refractivity contribution < 1.29 is 4.79 Å². The van der Waals surface area contributed by atoms with Gasteiger partial charge < -0.3 is 5.32 Å². The van der Waals surface area contributed by atoms with Crippen molar-refractivity contribution in [2.24, 2.45) is 7.05 Å². The summed E-state index contributed by atoms with van der Waals surface area (Å²) in [4.78, 5) is 14.4. The van der Waals surface area contributed by atoms with Crippen LogP contribution in [0.25, 0.3) is 0 Å². The Bertz CT molecular complexity index is 733. The highest BCUT2D eigenvalue weighted by atomic mass is 16.2. The van der Waals surface area contributed by atoms with Crippen molar-refractivity contribution in [3.63, 3.8) is 0 Å². The molecule has 1 amide bonds. The van der Waals surface area contributed by atoms with Gasteiger partial charge in [-0.05, 0) is 12.5 Å². The first-order chi connectivity index (χ1) is 11.2. The normalized spacial score (nSPS) is 16.2. The maximum absolute atomic E-state index is 12.3. The third kappa shape index (κ3) is 3.51. The molecule has 0 aromatic carbocycles. The number of amides is 1. The van der Waals surface area contributed by atoms with Gasteiger partial charge in [-0.2, -0.15) is 10.2 Å². The third-order valence-electron chi connectivity index (χ3n) is 4.33. The number of anilines is 1. The summed E-state index contributed by atoms with van der Waals surface area (Å²) < 4.78 is 3.71. The quantitative estimate of drug-likeness (QED) is 0.927.